The molecule has 0 fully saturated rings. The zero-order valence-corrected chi connectivity index (χ0v) is 19.1. The fourth-order valence-electron chi connectivity index (χ4n) is 3.01. The fourth-order valence-corrected chi connectivity index (χ4v) is 3.01. The normalized spacial score (nSPS) is 12.8. The second-order valence-corrected chi connectivity index (χ2v) is 7.24. The van der Waals surface area contributed by atoms with Gasteiger partial charge < -0.3 is 18.9 Å². The molecule has 9 nitrogen and oxygen atoms in total. The summed E-state index contributed by atoms with van der Waals surface area (Å²) in [6, 6.07) is 6.34. The van der Waals surface area contributed by atoms with Crippen LogP contribution in [-0.2, 0) is 23.8 Å². The standard InChI is InChI=1S/C23H20F5NO8/c24-16-17(25)19(27)21(20(28)18(16)26)37-15(30)5-6-33-7-8-34-9-10-35-11-12-36-29-22(31)13-3-1-2-4-14(13)23(29)32/h1-4H,5-12H2. The van der Waals surface area contributed by atoms with Crippen molar-refractivity contribution in [1.82, 2.24) is 5.06 Å². The molecule has 0 saturated carbocycles. The van der Waals surface area contributed by atoms with E-state index in [2.05, 4.69) is 4.74 Å². The number of benzene rings is 2. The molecule has 0 atom stereocenters. The van der Waals surface area contributed by atoms with E-state index in [4.69, 9.17) is 19.0 Å². The second-order valence-electron chi connectivity index (χ2n) is 7.24. The Labute approximate surface area is 206 Å². The number of hydrogen-bond acceptors (Lipinski definition) is 8. The van der Waals surface area contributed by atoms with E-state index in [0.29, 0.717) is 5.06 Å². The Kier molecular flexibility index (Phi) is 10.0. The highest BCUT2D eigenvalue weighted by atomic mass is 19.2. The van der Waals surface area contributed by atoms with Crippen LogP contribution in [0.15, 0.2) is 24.3 Å². The van der Waals surface area contributed by atoms with Gasteiger partial charge in [-0.15, -0.1) is 5.06 Å². The van der Waals surface area contributed by atoms with Crippen LogP contribution in [0.2, 0.25) is 0 Å². The SMILES string of the molecule is O=C(CCOCCOCCOCCON1C(=O)c2ccccc2C1=O)Oc1c(F)c(F)c(F)c(F)c1F. The summed E-state index contributed by atoms with van der Waals surface area (Å²) in [4.78, 5) is 41.0. The van der Waals surface area contributed by atoms with Crippen molar-refractivity contribution in [1.29, 1.82) is 0 Å². The molecule has 1 aliphatic heterocycles. The van der Waals surface area contributed by atoms with Gasteiger partial charge in [0.15, 0.2) is 0 Å². The van der Waals surface area contributed by atoms with Crippen molar-refractivity contribution in [3.05, 3.63) is 64.5 Å². The van der Waals surface area contributed by atoms with Crippen molar-refractivity contribution in [3.63, 3.8) is 0 Å². The molecule has 2 aromatic carbocycles. The molecule has 0 N–H and O–H groups in total. The maximum absolute atomic E-state index is 13.5. The molecule has 0 spiro atoms. The molecule has 0 aliphatic carbocycles. The summed E-state index contributed by atoms with van der Waals surface area (Å²) >= 11 is 0. The first-order valence-corrected chi connectivity index (χ1v) is 10.8. The monoisotopic (exact) mass is 533 g/mol. The highest BCUT2D eigenvalue weighted by Crippen LogP contribution is 2.29. The van der Waals surface area contributed by atoms with Gasteiger partial charge in [0.1, 0.15) is 0 Å². The van der Waals surface area contributed by atoms with E-state index < -0.39 is 59.0 Å². The first-order valence-electron chi connectivity index (χ1n) is 10.8. The summed E-state index contributed by atoms with van der Waals surface area (Å²) in [7, 11) is 0. The Morgan fingerprint density at radius 1 is 0.649 bits per heavy atom. The van der Waals surface area contributed by atoms with Crippen molar-refractivity contribution in [2.75, 3.05) is 46.2 Å². The third-order valence-corrected chi connectivity index (χ3v) is 4.78. The van der Waals surface area contributed by atoms with E-state index in [9.17, 15) is 36.3 Å². The smallest absolute Gasteiger partial charge is 0.313 e. The Morgan fingerprint density at radius 2 is 1.08 bits per heavy atom. The fraction of sp³-hybridized carbons (Fsp3) is 0.348. The van der Waals surface area contributed by atoms with Gasteiger partial charge in [0.2, 0.25) is 34.8 Å². The number of esters is 1. The van der Waals surface area contributed by atoms with Crippen LogP contribution in [-0.4, -0.2) is 69.1 Å². The lowest BCUT2D eigenvalue weighted by Gasteiger charge is -2.13. The topological polar surface area (TPSA) is 101 Å². The van der Waals surface area contributed by atoms with Crippen LogP contribution in [0.5, 0.6) is 5.75 Å². The number of hydrogen-bond donors (Lipinski definition) is 0. The third kappa shape index (κ3) is 6.85. The van der Waals surface area contributed by atoms with Crippen LogP contribution < -0.4 is 4.74 Å². The number of fused-ring (bicyclic) bond motifs is 1. The molecule has 14 heteroatoms. The average molecular weight is 533 g/mol. The first kappa shape index (κ1) is 28.1. The molecule has 0 radical (unpaired) electrons. The van der Waals surface area contributed by atoms with Crippen molar-refractivity contribution in [2.24, 2.45) is 0 Å². The number of nitrogens with zero attached hydrogens (tertiary/aromatic N) is 1. The van der Waals surface area contributed by atoms with Gasteiger partial charge in [-0.2, -0.15) is 8.78 Å². The molecule has 0 bridgehead atoms. The van der Waals surface area contributed by atoms with Crippen LogP contribution in [0, 0.1) is 29.1 Å². The summed E-state index contributed by atoms with van der Waals surface area (Å²) in [5.41, 5.74) is 0.532. The Morgan fingerprint density at radius 3 is 1.59 bits per heavy atom. The van der Waals surface area contributed by atoms with Gasteiger partial charge >= 0.3 is 5.97 Å². The molecule has 0 aromatic heterocycles. The van der Waals surface area contributed by atoms with Crippen LogP contribution in [0.25, 0.3) is 0 Å². The predicted octanol–water partition coefficient (Wildman–Crippen LogP) is 2.96. The summed E-state index contributed by atoms with van der Waals surface area (Å²) in [6.45, 7) is 0.232. The quantitative estimate of drug-likeness (QED) is 0.0696. The molecule has 200 valence electrons. The Hall–Kier alpha value is -3.46. The Balaban J connectivity index is 1.19. The molecular weight excluding hydrogens is 513 g/mol. The van der Waals surface area contributed by atoms with Gasteiger partial charge in [0.25, 0.3) is 11.8 Å². The maximum Gasteiger partial charge on any atom is 0.313 e. The molecular formula is C23H20F5NO8. The van der Waals surface area contributed by atoms with Crippen molar-refractivity contribution in [2.45, 2.75) is 6.42 Å². The lowest BCUT2D eigenvalue weighted by atomic mass is 10.1. The minimum atomic E-state index is -2.36. The van der Waals surface area contributed by atoms with Gasteiger partial charge in [0.05, 0.1) is 63.8 Å². The molecule has 2 amide bonds. The molecule has 2 aromatic rings. The van der Waals surface area contributed by atoms with Crippen LogP contribution in [0.3, 0.4) is 0 Å². The molecule has 0 unspecified atom stereocenters. The van der Waals surface area contributed by atoms with Crippen molar-refractivity contribution in [3.8, 4) is 5.75 Å². The van der Waals surface area contributed by atoms with Gasteiger partial charge in [-0.3, -0.25) is 19.2 Å². The first-order chi connectivity index (χ1) is 17.7. The number of imide groups is 1. The number of halogens is 5. The van der Waals surface area contributed by atoms with Crippen molar-refractivity contribution < 1.29 is 60.1 Å². The van der Waals surface area contributed by atoms with Gasteiger partial charge in [-0.05, 0) is 12.1 Å². The highest BCUT2D eigenvalue weighted by Gasteiger charge is 2.36. The van der Waals surface area contributed by atoms with E-state index in [1.807, 2.05) is 0 Å². The summed E-state index contributed by atoms with van der Waals surface area (Å²) in [5.74, 6) is -15.4. The number of hydroxylamine groups is 2. The largest absolute Gasteiger partial charge is 0.420 e. The van der Waals surface area contributed by atoms with Gasteiger partial charge in [-0.25, -0.2) is 13.2 Å². The summed E-state index contributed by atoms with van der Waals surface area (Å²) < 4.78 is 85.9. The van der Waals surface area contributed by atoms with E-state index in [1.165, 1.54) is 12.1 Å². The minimum absolute atomic E-state index is 0.0264. The number of amides is 2. The lowest BCUT2D eigenvalue weighted by molar-refractivity contribution is -0.136. The van der Waals surface area contributed by atoms with Crippen LogP contribution >= 0.6 is 0 Å². The van der Waals surface area contributed by atoms with Crippen molar-refractivity contribution >= 4 is 17.8 Å². The minimum Gasteiger partial charge on any atom is -0.420 e. The number of rotatable bonds is 14. The number of carbonyl (C=O) groups excluding carboxylic acids is 3. The summed E-state index contributed by atoms with van der Waals surface area (Å²) in [6.07, 6.45) is -0.518. The highest BCUT2D eigenvalue weighted by molar-refractivity contribution is 6.20. The number of ether oxygens (including phenoxy) is 4. The average Bonchev–Trinajstić information content (AvgIpc) is 3.14. The van der Waals surface area contributed by atoms with E-state index >= 15 is 0 Å². The molecule has 37 heavy (non-hydrogen) atoms. The predicted molar refractivity (Wildman–Crippen MR) is 112 cm³/mol. The zero-order chi connectivity index (χ0) is 26.9. The van der Waals surface area contributed by atoms with E-state index in [1.54, 1.807) is 12.1 Å². The van der Waals surface area contributed by atoms with Gasteiger partial charge in [0, 0.05) is 0 Å². The lowest BCUT2D eigenvalue weighted by Crippen LogP contribution is -2.31. The molecule has 0 saturated heterocycles. The zero-order valence-electron chi connectivity index (χ0n) is 19.1. The Bertz CT molecular complexity index is 1100. The van der Waals surface area contributed by atoms with Crippen LogP contribution in [0.1, 0.15) is 27.1 Å². The van der Waals surface area contributed by atoms with E-state index in [0.717, 1.165) is 0 Å². The van der Waals surface area contributed by atoms with E-state index in [-0.39, 0.29) is 57.4 Å². The third-order valence-electron chi connectivity index (χ3n) is 4.78. The second kappa shape index (κ2) is 13.2. The van der Waals surface area contributed by atoms with Crippen LogP contribution in [0.4, 0.5) is 22.0 Å². The summed E-state index contributed by atoms with van der Waals surface area (Å²) in [5, 5.41) is 0.681. The molecule has 3 rings (SSSR count). The molecule has 1 heterocycles. The maximum atomic E-state index is 13.5. The van der Waals surface area contributed by atoms with Gasteiger partial charge in [-0.1, -0.05) is 12.1 Å². The number of carbonyl (C=O) groups is 3. The molecule has 1 aliphatic rings.